The standard InChI is InChI=1S/C16H21FN2O4/c1-11(23-14-4-2-13(17)3-5-14)10-18-16(22)19-8-6-12(7-9-19)15(20)21/h2-5,11-12H,6-10H2,1H3,(H,18,22)(H,20,21). The van der Waals surface area contributed by atoms with Crippen LogP contribution in [0.15, 0.2) is 24.3 Å². The highest BCUT2D eigenvalue weighted by Gasteiger charge is 2.26. The number of carboxylic acid groups (broad SMARTS) is 1. The number of hydrogen-bond donors (Lipinski definition) is 2. The summed E-state index contributed by atoms with van der Waals surface area (Å²) in [6.07, 6.45) is 0.690. The maximum atomic E-state index is 12.8. The summed E-state index contributed by atoms with van der Waals surface area (Å²) >= 11 is 0. The van der Waals surface area contributed by atoms with Crippen LogP contribution in [0.25, 0.3) is 0 Å². The molecule has 1 fully saturated rings. The molecule has 1 heterocycles. The van der Waals surface area contributed by atoms with E-state index in [1.165, 1.54) is 24.3 Å². The second-order valence-electron chi connectivity index (χ2n) is 5.67. The highest BCUT2D eigenvalue weighted by Crippen LogP contribution is 2.17. The van der Waals surface area contributed by atoms with Gasteiger partial charge in [0.25, 0.3) is 0 Å². The topological polar surface area (TPSA) is 78.9 Å². The maximum Gasteiger partial charge on any atom is 0.317 e. The van der Waals surface area contributed by atoms with E-state index in [2.05, 4.69) is 5.32 Å². The number of aliphatic carboxylic acids is 1. The summed E-state index contributed by atoms with van der Waals surface area (Å²) in [6.45, 7) is 3.00. The Kier molecular flexibility index (Phi) is 5.78. The predicted molar refractivity (Wildman–Crippen MR) is 81.8 cm³/mol. The number of benzene rings is 1. The van der Waals surface area contributed by atoms with Crippen molar-refractivity contribution >= 4 is 12.0 Å². The van der Waals surface area contributed by atoms with Crippen molar-refractivity contribution in [3.63, 3.8) is 0 Å². The van der Waals surface area contributed by atoms with E-state index >= 15 is 0 Å². The van der Waals surface area contributed by atoms with Crippen LogP contribution in [0.1, 0.15) is 19.8 Å². The zero-order valence-corrected chi connectivity index (χ0v) is 13.0. The number of likely N-dealkylation sites (tertiary alicyclic amines) is 1. The molecule has 1 aliphatic heterocycles. The molecule has 0 bridgehead atoms. The Morgan fingerprint density at radius 2 is 1.96 bits per heavy atom. The monoisotopic (exact) mass is 324 g/mol. The average Bonchev–Trinajstić information content (AvgIpc) is 2.55. The number of piperidine rings is 1. The molecule has 0 aliphatic carbocycles. The Hall–Kier alpha value is -2.31. The molecule has 0 aromatic heterocycles. The molecule has 23 heavy (non-hydrogen) atoms. The summed E-state index contributed by atoms with van der Waals surface area (Å²) < 4.78 is 18.4. The van der Waals surface area contributed by atoms with E-state index in [1.54, 1.807) is 11.8 Å². The zero-order chi connectivity index (χ0) is 16.8. The molecule has 6 nitrogen and oxygen atoms in total. The van der Waals surface area contributed by atoms with Crippen molar-refractivity contribution in [3.05, 3.63) is 30.1 Å². The van der Waals surface area contributed by atoms with Gasteiger partial charge in [0.05, 0.1) is 12.5 Å². The van der Waals surface area contributed by atoms with Crippen molar-refractivity contribution in [3.8, 4) is 5.75 Å². The van der Waals surface area contributed by atoms with Crippen LogP contribution in [0.5, 0.6) is 5.75 Å². The Morgan fingerprint density at radius 1 is 1.35 bits per heavy atom. The number of carbonyl (C=O) groups excluding carboxylic acids is 1. The van der Waals surface area contributed by atoms with Gasteiger partial charge in [-0.3, -0.25) is 4.79 Å². The highest BCUT2D eigenvalue weighted by atomic mass is 19.1. The van der Waals surface area contributed by atoms with Gasteiger partial charge < -0.3 is 20.1 Å². The summed E-state index contributed by atoms with van der Waals surface area (Å²) in [5.41, 5.74) is 0. The smallest absolute Gasteiger partial charge is 0.317 e. The van der Waals surface area contributed by atoms with Crippen molar-refractivity contribution in [2.24, 2.45) is 5.92 Å². The van der Waals surface area contributed by atoms with Crippen LogP contribution in [0.4, 0.5) is 9.18 Å². The summed E-state index contributed by atoms with van der Waals surface area (Å²) in [5.74, 6) is -0.954. The van der Waals surface area contributed by atoms with Crippen LogP contribution < -0.4 is 10.1 Å². The second kappa shape index (κ2) is 7.80. The summed E-state index contributed by atoms with van der Waals surface area (Å²) in [4.78, 5) is 24.5. The van der Waals surface area contributed by atoms with Gasteiger partial charge in [0, 0.05) is 13.1 Å². The largest absolute Gasteiger partial charge is 0.489 e. The van der Waals surface area contributed by atoms with E-state index < -0.39 is 5.97 Å². The Morgan fingerprint density at radius 3 is 2.52 bits per heavy atom. The molecule has 1 aromatic carbocycles. The number of amides is 2. The molecule has 0 saturated carbocycles. The van der Waals surface area contributed by atoms with E-state index in [4.69, 9.17) is 9.84 Å². The van der Waals surface area contributed by atoms with Crippen molar-refractivity contribution in [1.29, 1.82) is 0 Å². The number of halogens is 1. The van der Waals surface area contributed by atoms with Gasteiger partial charge in [-0.15, -0.1) is 0 Å². The minimum absolute atomic E-state index is 0.219. The average molecular weight is 324 g/mol. The highest BCUT2D eigenvalue weighted by molar-refractivity contribution is 5.75. The van der Waals surface area contributed by atoms with Gasteiger partial charge in [-0.1, -0.05) is 0 Å². The third kappa shape index (κ3) is 5.12. The van der Waals surface area contributed by atoms with Crippen LogP contribution in [0.3, 0.4) is 0 Å². The van der Waals surface area contributed by atoms with Crippen molar-refractivity contribution in [1.82, 2.24) is 10.2 Å². The van der Waals surface area contributed by atoms with Crippen molar-refractivity contribution in [2.75, 3.05) is 19.6 Å². The minimum Gasteiger partial charge on any atom is -0.489 e. The lowest BCUT2D eigenvalue weighted by Gasteiger charge is -2.30. The first-order valence-corrected chi connectivity index (χ1v) is 7.63. The SMILES string of the molecule is CC(CNC(=O)N1CCC(C(=O)O)CC1)Oc1ccc(F)cc1. The molecule has 1 aliphatic rings. The molecule has 1 aromatic rings. The molecule has 2 amide bonds. The van der Waals surface area contributed by atoms with E-state index in [9.17, 15) is 14.0 Å². The fourth-order valence-electron chi connectivity index (χ4n) is 2.46. The molecular formula is C16H21FN2O4. The van der Waals surface area contributed by atoms with Crippen LogP contribution in [0.2, 0.25) is 0 Å². The van der Waals surface area contributed by atoms with Crippen molar-refractivity contribution in [2.45, 2.75) is 25.9 Å². The molecule has 7 heteroatoms. The van der Waals surface area contributed by atoms with Gasteiger partial charge in [0.1, 0.15) is 17.7 Å². The minimum atomic E-state index is -0.800. The van der Waals surface area contributed by atoms with Gasteiger partial charge in [-0.25, -0.2) is 9.18 Å². The molecule has 1 unspecified atom stereocenters. The summed E-state index contributed by atoms with van der Waals surface area (Å²) in [5, 5.41) is 11.7. The molecule has 2 rings (SSSR count). The lowest BCUT2D eigenvalue weighted by atomic mass is 9.97. The predicted octanol–water partition coefficient (Wildman–Crippen LogP) is 2.10. The van der Waals surface area contributed by atoms with Gasteiger partial charge >= 0.3 is 12.0 Å². The van der Waals surface area contributed by atoms with E-state index in [0.29, 0.717) is 38.2 Å². The third-order valence-corrected chi connectivity index (χ3v) is 3.82. The Labute approximate surface area is 134 Å². The summed E-state index contributed by atoms with van der Waals surface area (Å²) in [7, 11) is 0. The first-order valence-electron chi connectivity index (χ1n) is 7.63. The molecular weight excluding hydrogens is 303 g/mol. The molecule has 0 radical (unpaired) electrons. The number of carbonyl (C=O) groups is 2. The van der Waals surface area contributed by atoms with E-state index in [1.807, 2.05) is 0 Å². The summed E-state index contributed by atoms with van der Waals surface area (Å²) in [6, 6.07) is 5.47. The Bertz CT molecular complexity index is 542. The van der Waals surface area contributed by atoms with E-state index in [-0.39, 0.29) is 23.9 Å². The van der Waals surface area contributed by atoms with Gasteiger partial charge in [0.15, 0.2) is 0 Å². The second-order valence-corrected chi connectivity index (χ2v) is 5.67. The number of ether oxygens (including phenoxy) is 1. The van der Waals surface area contributed by atoms with Crippen molar-refractivity contribution < 1.29 is 23.8 Å². The zero-order valence-electron chi connectivity index (χ0n) is 13.0. The number of rotatable bonds is 5. The molecule has 126 valence electrons. The molecule has 1 saturated heterocycles. The molecule has 1 atom stereocenters. The lowest BCUT2D eigenvalue weighted by Crippen LogP contribution is -2.47. The number of carboxylic acids is 1. The van der Waals surface area contributed by atoms with Crippen LogP contribution in [-0.2, 0) is 4.79 Å². The number of hydrogen-bond acceptors (Lipinski definition) is 3. The Balaban J connectivity index is 1.71. The first-order chi connectivity index (χ1) is 11.0. The maximum absolute atomic E-state index is 12.8. The quantitative estimate of drug-likeness (QED) is 0.869. The normalized spacial score (nSPS) is 16.7. The van der Waals surface area contributed by atoms with Gasteiger partial charge in [0.2, 0.25) is 0 Å². The van der Waals surface area contributed by atoms with Gasteiger partial charge in [-0.2, -0.15) is 0 Å². The fourth-order valence-corrected chi connectivity index (χ4v) is 2.46. The number of nitrogens with one attached hydrogen (secondary N) is 1. The van der Waals surface area contributed by atoms with Crippen LogP contribution in [-0.4, -0.2) is 47.7 Å². The van der Waals surface area contributed by atoms with Crippen LogP contribution in [0, 0.1) is 11.7 Å². The molecule has 2 N–H and O–H groups in total. The fraction of sp³-hybridized carbons (Fsp3) is 0.500. The lowest BCUT2D eigenvalue weighted by molar-refractivity contribution is -0.143. The third-order valence-electron chi connectivity index (χ3n) is 3.82. The number of urea groups is 1. The number of nitrogens with zero attached hydrogens (tertiary/aromatic N) is 1. The van der Waals surface area contributed by atoms with E-state index in [0.717, 1.165) is 0 Å². The van der Waals surface area contributed by atoms with Gasteiger partial charge in [-0.05, 0) is 44.0 Å². The first kappa shape index (κ1) is 17.1. The van der Waals surface area contributed by atoms with Crippen LogP contribution >= 0.6 is 0 Å². The molecule has 0 spiro atoms.